The van der Waals surface area contributed by atoms with Gasteiger partial charge in [0.15, 0.2) is 0 Å². The Balaban J connectivity index is 1.98. The Morgan fingerprint density at radius 3 is 2.48 bits per heavy atom. The average molecular weight is 378 g/mol. The molecular formula is C17H22N4O6. The van der Waals surface area contributed by atoms with E-state index in [0.717, 1.165) is 5.56 Å². The molecule has 0 bridgehead atoms. The van der Waals surface area contributed by atoms with Crippen molar-refractivity contribution < 1.29 is 28.7 Å². The van der Waals surface area contributed by atoms with Crippen molar-refractivity contribution in [2.75, 3.05) is 20.7 Å². The Morgan fingerprint density at radius 2 is 1.96 bits per heavy atom. The average Bonchev–Trinajstić information content (AvgIpc) is 2.69. The van der Waals surface area contributed by atoms with Gasteiger partial charge in [0.1, 0.15) is 12.6 Å². The molecule has 0 saturated carbocycles. The zero-order chi connectivity index (χ0) is 19.9. The van der Waals surface area contributed by atoms with Crippen LogP contribution in [0.4, 0.5) is 4.79 Å². The third-order valence-electron chi connectivity index (χ3n) is 4.03. The Labute approximate surface area is 156 Å². The van der Waals surface area contributed by atoms with Gasteiger partial charge in [0.2, 0.25) is 17.5 Å². The third-order valence-corrected chi connectivity index (χ3v) is 4.03. The molecule has 4 N–H and O–H groups in total. The molecule has 27 heavy (non-hydrogen) atoms. The maximum absolute atomic E-state index is 12.5. The molecule has 0 aliphatic carbocycles. The Morgan fingerprint density at radius 1 is 1.26 bits per heavy atom. The molecule has 1 aliphatic heterocycles. The molecule has 4 amide bonds. The van der Waals surface area contributed by atoms with E-state index in [4.69, 9.17) is 9.47 Å². The lowest BCUT2D eigenvalue weighted by Gasteiger charge is -2.40. The van der Waals surface area contributed by atoms with Crippen LogP contribution < -0.4 is 21.3 Å². The summed E-state index contributed by atoms with van der Waals surface area (Å²) in [6.07, 6.45) is -1.20. The number of alkyl carbamates (subject to hydrolysis) is 1. The van der Waals surface area contributed by atoms with Gasteiger partial charge in [-0.2, -0.15) is 0 Å². The van der Waals surface area contributed by atoms with Crippen LogP contribution >= 0.6 is 0 Å². The number of carbonyl (C=O) groups excluding carboxylic acids is 4. The highest BCUT2D eigenvalue weighted by Gasteiger charge is 2.49. The van der Waals surface area contributed by atoms with E-state index < -0.39 is 35.6 Å². The monoisotopic (exact) mass is 378 g/mol. The van der Waals surface area contributed by atoms with Gasteiger partial charge >= 0.3 is 6.09 Å². The zero-order valence-electron chi connectivity index (χ0n) is 15.0. The molecule has 2 atom stereocenters. The lowest BCUT2D eigenvalue weighted by molar-refractivity contribution is -0.167. The number of β-lactam (4-membered cyclic amide) rings is 1. The first-order chi connectivity index (χ1) is 12.9. The summed E-state index contributed by atoms with van der Waals surface area (Å²) in [5, 5.41) is 9.58. The largest absolute Gasteiger partial charge is 0.445 e. The quantitative estimate of drug-likeness (QED) is 0.339. The SMILES string of the molecule is CNC(=O)CC(NC(=O)OCc1ccccc1)C(=O)NC1(OC)CNC1=O. The number of methoxy groups -OCH3 is 1. The van der Waals surface area contributed by atoms with Gasteiger partial charge < -0.3 is 30.7 Å². The third kappa shape index (κ3) is 5.17. The molecule has 0 aromatic heterocycles. The number of hydrogen-bond acceptors (Lipinski definition) is 6. The fourth-order valence-corrected chi connectivity index (χ4v) is 2.33. The van der Waals surface area contributed by atoms with Gasteiger partial charge in [0, 0.05) is 14.2 Å². The standard InChI is InChI=1S/C17H22N4O6/c1-18-13(22)8-12(14(23)21-17(26-2)10-19-15(17)24)20-16(25)27-9-11-6-4-3-5-7-11/h3-7,12H,8-10H2,1-2H3,(H,18,22)(H,19,24)(H,20,25)(H,21,23). The van der Waals surface area contributed by atoms with E-state index in [0.29, 0.717) is 0 Å². The van der Waals surface area contributed by atoms with E-state index in [1.165, 1.54) is 14.2 Å². The number of amides is 4. The molecule has 10 nitrogen and oxygen atoms in total. The summed E-state index contributed by atoms with van der Waals surface area (Å²) in [4.78, 5) is 47.9. The highest BCUT2D eigenvalue weighted by Crippen LogP contribution is 2.14. The van der Waals surface area contributed by atoms with Crippen LogP contribution in [0.2, 0.25) is 0 Å². The van der Waals surface area contributed by atoms with Crippen molar-refractivity contribution in [3.05, 3.63) is 35.9 Å². The van der Waals surface area contributed by atoms with E-state index in [1.54, 1.807) is 24.3 Å². The Bertz CT molecular complexity index is 707. The fourth-order valence-electron chi connectivity index (χ4n) is 2.33. The molecule has 2 rings (SSSR count). The van der Waals surface area contributed by atoms with E-state index in [9.17, 15) is 19.2 Å². The molecule has 0 spiro atoms. The van der Waals surface area contributed by atoms with E-state index >= 15 is 0 Å². The van der Waals surface area contributed by atoms with Crippen molar-refractivity contribution >= 4 is 23.8 Å². The summed E-state index contributed by atoms with van der Waals surface area (Å²) in [5.74, 6) is -1.72. The van der Waals surface area contributed by atoms with Gasteiger partial charge in [0.05, 0.1) is 13.0 Å². The first-order valence-electron chi connectivity index (χ1n) is 8.23. The van der Waals surface area contributed by atoms with E-state index in [-0.39, 0.29) is 19.6 Å². The predicted molar refractivity (Wildman–Crippen MR) is 93.1 cm³/mol. The molecule has 1 aliphatic rings. The van der Waals surface area contributed by atoms with Gasteiger partial charge in [-0.1, -0.05) is 30.3 Å². The van der Waals surface area contributed by atoms with Gasteiger partial charge in [-0.15, -0.1) is 0 Å². The van der Waals surface area contributed by atoms with Gasteiger partial charge in [-0.3, -0.25) is 14.4 Å². The van der Waals surface area contributed by atoms with E-state index in [1.807, 2.05) is 6.07 Å². The summed E-state index contributed by atoms with van der Waals surface area (Å²) >= 11 is 0. The summed E-state index contributed by atoms with van der Waals surface area (Å²) in [6, 6.07) is 7.74. The van der Waals surface area contributed by atoms with Crippen LogP contribution in [0.25, 0.3) is 0 Å². The first-order valence-corrected chi connectivity index (χ1v) is 8.23. The van der Waals surface area contributed by atoms with Crippen LogP contribution in [0.5, 0.6) is 0 Å². The minimum Gasteiger partial charge on any atom is -0.445 e. The molecule has 0 radical (unpaired) electrons. The molecule has 146 valence electrons. The highest BCUT2D eigenvalue weighted by molar-refractivity contribution is 5.98. The zero-order valence-corrected chi connectivity index (χ0v) is 15.0. The van der Waals surface area contributed by atoms with E-state index in [2.05, 4.69) is 21.3 Å². The second kappa shape index (κ2) is 8.99. The molecule has 1 fully saturated rings. The van der Waals surface area contributed by atoms with Crippen LogP contribution in [-0.2, 0) is 30.5 Å². The fraction of sp³-hybridized carbons (Fsp3) is 0.412. The lowest BCUT2D eigenvalue weighted by atomic mass is 10.0. The van der Waals surface area contributed by atoms with Crippen LogP contribution in [0.1, 0.15) is 12.0 Å². The summed E-state index contributed by atoms with van der Waals surface area (Å²) in [5.41, 5.74) is -0.738. The molecule has 1 aromatic rings. The number of hydrogen-bond donors (Lipinski definition) is 4. The topological polar surface area (TPSA) is 135 Å². The minimum atomic E-state index is -1.51. The van der Waals surface area contributed by atoms with Crippen molar-refractivity contribution in [3.8, 4) is 0 Å². The van der Waals surface area contributed by atoms with Crippen molar-refractivity contribution in [2.45, 2.75) is 24.8 Å². The smallest absolute Gasteiger partial charge is 0.408 e. The minimum absolute atomic E-state index is 0.00536. The molecule has 1 aromatic carbocycles. The first kappa shape index (κ1) is 20.2. The molecular weight excluding hydrogens is 356 g/mol. The molecule has 2 unspecified atom stereocenters. The second-order valence-electron chi connectivity index (χ2n) is 5.84. The van der Waals surface area contributed by atoms with Crippen LogP contribution in [0.15, 0.2) is 30.3 Å². The van der Waals surface area contributed by atoms with Crippen LogP contribution in [0, 0.1) is 0 Å². The Hall–Kier alpha value is -3.14. The summed E-state index contributed by atoms with van der Waals surface area (Å²) < 4.78 is 10.1. The lowest BCUT2D eigenvalue weighted by Crippen LogP contribution is -2.75. The second-order valence-corrected chi connectivity index (χ2v) is 5.84. The van der Waals surface area contributed by atoms with Gasteiger partial charge in [-0.05, 0) is 5.56 Å². The number of rotatable bonds is 8. The normalized spacial score (nSPS) is 19.1. The summed E-state index contributed by atoms with van der Waals surface area (Å²) in [6.45, 7) is 0.0879. The number of nitrogens with one attached hydrogen (secondary N) is 4. The molecule has 10 heteroatoms. The molecule has 1 heterocycles. The maximum Gasteiger partial charge on any atom is 0.408 e. The highest BCUT2D eigenvalue weighted by atomic mass is 16.5. The van der Waals surface area contributed by atoms with Crippen LogP contribution in [0.3, 0.4) is 0 Å². The van der Waals surface area contributed by atoms with Crippen molar-refractivity contribution in [2.24, 2.45) is 0 Å². The predicted octanol–water partition coefficient (Wildman–Crippen LogP) is -0.994. The number of benzene rings is 1. The van der Waals surface area contributed by atoms with Gasteiger partial charge in [-0.25, -0.2) is 4.79 Å². The number of carbonyl (C=O) groups is 4. The van der Waals surface area contributed by atoms with Crippen molar-refractivity contribution in [1.82, 2.24) is 21.3 Å². The number of ether oxygens (including phenoxy) is 2. The molecule has 1 saturated heterocycles. The summed E-state index contributed by atoms with van der Waals surface area (Å²) in [7, 11) is 2.68. The maximum atomic E-state index is 12.5. The van der Waals surface area contributed by atoms with Crippen molar-refractivity contribution in [3.63, 3.8) is 0 Å². The van der Waals surface area contributed by atoms with Crippen LogP contribution in [-0.4, -0.2) is 56.3 Å². The van der Waals surface area contributed by atoms with Gasteiger partial charge in [0.25, 0.3) is 5.91 Å². The Kier molecular flexibility index (Phi) is 6.72. The van der Waals surface area contributed by atoms with Crippen molar-refractivity contribution in [1.29, 1.82) is 0 Å².